The largest absolute Gasteiger partial charge is 0.451 e. The van der Waals surface area contributed by atoms with Gasteiger partial charge in [-0.3, -0.25) is 0 Å². The summed E-state index contributed by atoms with van der Waals surface area (Å²) in [5.74, 6) is -0.834. The van der Waals surface area contributed by atoms with Crippen molar-refractivity contribution in [1.82, 2.24) is 9.97 Å². The van der Waals surface area contributed by atoms with E-state index in [0.29, 0.717) is 13.2 Å². The van der Waals surface area contributed by atoms with E-state index in [9.17, 15) is 13.2 Å². The summed E-state index contributed by atoms with van der Waals surface area (Å²) in [6, 6.07) is 1.43. The smallest absolute Gasteiger partial charge is 0.376 e. The van der Waals surface area contributed by atoms with E-state index in [4.69, 9.17) is 4.74 Å². The average Bonchev–Trinajstić information content (AvgIpc) is 2.74. The Hall–Kier alpha value is -1.57. The van der Waals surface area contributed by atoms with E-state index < -0.39 is 12.0 Å². The number of nitrogens with zero attached hydrogens (tertiary/aromatic N) is 2. The van der Waals surface area contributed by atoms with Crippen molar-refractivity contribution in [3.8, 4) is 0 Å². The van der Waals surface area contributed by atoms with Crippen molar-refractivity contribution in [2.24, 2.45) is 0 Å². The third kappa shape index (κ3) is 3.50. The Bertz CT molecular complexity index is 467. The lowest BCUT2D eigenvalue weighted by Gasteiger charge is -2.18. The van der Waals surface area contributed by atoms with Crippen LogP contribution in [0.1, 0.15) is 26.1 Å². The van der Waals surface area contributed by atoms with Crippen LogP contribution in [0.25, 0.3) is 0 Å². The van der Waals surface area contributed by atoms with E-state index in [-0.39, 0.29) is 23.8 Å². The maximum atomic E-state index is 12.8. The molecule has 1 saturated heterocycles. The fourth-order valence-electron chi connectivity index (χ4n) is 2.03. The van der Waals surface area contributed by atoms with Crippen LogP contribution >= 0.6 is 0 Å². The number of rotatable bonds is 4. The molecule has 0 amide bonds. The van der Waals surface area contributed by atoms with Crippen LogP contribution in [0.5, 0.6) is 0 Å². The fourth-order valence-corrected chi connectivity index (χ4v) is 2.03. The molecule has 2 heterocycles. The monoisotopic (exact) mass is 290 g/mol. The van der Waals surface area contributed by atoms with Crippen molar-refractivity contribution in [3.05, 3.63) is 11.9 Å². The van der Waals surface area contributed by atoms with Crippen LogP contribution in [-0.2, 0) is 10.9 Å². The summed E-state index contributed by atoms with van der Waals surface area (Å²) in [4.78, 5) is 7.01. The van der Waals surface area contributed by atoms with Crippen LogP contribution in [0.4, 0.5) is 24.8 Å². The molecule has 5 nitrogen and oxygen atoms in total. The Balaban J connectivity index is 2.24. The molecule has 1 aromatic heterocycles. The zero-order chi connectivity index (χ0) is 14.8. The summed E-state index contributed by atoms with van der Waals surface area (Å²) in [5, 5.41) is 5.76. The second-order valence-electron chi connectivity index (χ2n) is 4.61. The van der Waals surface area contributed by atoms with Crippen LogP contribution in [0.3, 0.4) is 0 Å². The summed E-state index contributed by atoms with van der Waals surface area (Å²) in [7, 11) is 0. The van der Waals surface area contributed by atoms with Gasteiger partial charge in [0.05, 0.1) is 12.1 Å². The molecular weight excluding hydrogens is 273 g/mol. The van der Waals surface area contributed by atoms with Gasteiger partial charge < -0.3 is 15.4 Å². The zero-order valence-electron chi connectivity index (χ0n) is 11.3. The topological polar surface area (TPSA) is 59.1 Å². The van der Waals surface area contributed by atoms with Crippen molar-refractivity contribution >= 4 is 11.6 Å². The van der Waals surface area contributed by atoms with Gasteiger partial charge in [0.15, 0.2) is 0 Å². The standard InChI is InChI=1S/C12H17F3N4O/c1-3-16-9-6-10(17-8-4-5-20-7(8)2)19-11(18-9)12(13,14)15/h6-8H,3-5H2,1-2H3,(H2,16,17,18,19). The lowest BCUT2D eigenvalue weighted by molar-refractivity contribution is -0.144. The molecule has 0 aliphatic carbocycles. The number of ether oxygens (including phenoxy) is 1. The zero-order valence-corrected chi connectivity index (χ0v) is 11.3. The lowest BCUT2D eigenvalue weighted by Crippen LogP contribution is -2.28. The van der Waals surface area contributed by atoms with Crippen molar-refractivity contribution in [2.75, 3.05) is 23.8 Å². The van der Waals surface area contributed by atoms with Gasteiger partial charge in [-0.1, -0.05) is 0 Å². The Labute approximate surface area is 114 Å². The van der Waals surface area contributed by atoms with Gasteiger partial charge in [0.25, 0.3) is 0 Å². The SMILES string of the molecule is CCNc1cc(NC2CCOC2C)nc(C(F)(F)F)n1. The first-order valence-electron chi connectivity index (χ1n) is 6.48. The van der Waals surface area contributed by atoms with Crippen LogP contribution in [0, 0.1) is 0 Å². The first kappa shape index (κ1) is 14.8. The minimum atomic E-state index is -4.57. The van der Waals surface area contributed by atoms with Crippen LogP contribution in [-0.4, -0.2) is 35.3 Å². The molecule has 112 valence electrons. The minimum absolute atomic E-state index is 0.0412. The maximum absolute atomic E-state index is 12.8. The summed E-state index contributed by atoms with van der Waals surface area (Å²) >= 11 is 0. The Kier molecular flexibility index (Phi) is 4.32. The molecule has 2 unspecified atom stereocenters. The summed E-state index contributed by atoms with van der Waals surface area (Å²) in [6.07, 6.45) is -3.88. The molecule has 1 aromatic rings. The van der Waals surface area contributed by atoms with E-state index >= 15 is 0 Å². The molecule has 8 heteroatoms. The molecule has 20 heavy (non-hydrogen) atoms. The van der Waals surface area contributed by atoms with E-state index in [1.807, 2.05) is 6.92 Å². The van der Waals surface area contributed by atoms with Gasteiger partial charge in [-0.15, -0.1) is 0 Å². The molecule has 2 atom stereocenters. The highest BCUT2D eigenvalue weighted by Gasteiger charge is 2.36. The van der Waals surface area contributed by atoms with Crippen molar-refractivity contribution in [2.45, 2.75) is 38.6 Å². The first-order valence-corrected chi connectivity index (χ1v) is 6.48. The highest BCUT2D eigenvalue weighted by molar-refractivity contribution is 5.48. The summed E-state index contributed by atoms with van der Waals surface area (Å²) in [6.45, 7) is 4.74. The van der Waals surface area contributed by atoms with Gasteiger partial charge in [-0.2, -0.15) is 13.2 Å². The Morgan fingerprint density at radius 1 is 1.35 bits per heavy atom. The highest BCUT2D eigenvalue weighted by Crippen LogP contribution is 2.29. The molecule has 0 spiro atoms. The molecule has 0 radical (unpaired) electrons. The van der Waals surface area contributed by atoms with E-state index in [1.54, 1.807) is 6.92 Å². The van der Waals surface area contributed by atoms with E-state index in [2.05, 4.69) is 20.6 Å². The fraction of sp³-hybridized carbons (Fsp3) is 0.667. The number of anilines is 2. The van der Waals surface area contributed by atoms with Crippen molar-refractivity contribution in [3.63, 3.8) is 0 Å². The van der Waals surface area contributed by atoms with Crippen molar-refractivity contribution in [1.29, 1.82) is 0 Å². The molecule has 0 bridgehead atoms. The van der Waals surface area contributed by atoms with E-state index in [1.165, 1.54) is 6.07 Å². The van der Waals surface area contributed by atoms with Crippen LogP contribution < -0.4 is 10.6 Å². The maximum Gasteiger partial charge on any atom is 0.451 e. The number of nitrogens with one attached hydrogen (secondary N) is 2. The van der Waals surface area contributed by atoms with Crippen LogP contribution in [0.15, 0.2) is 6.07 Å². The minimum Gasteiger partial charge on any atom is -0.376 e. The molecular formula is C12H17F3N4O. The third-order valence-electron chi connectivity index (χ3n) is 3.05. The number of halogens is 3. The van der Waals surface area contributed by atoms with Gasteiger partial charge in [0.2, 0.25) is 5.82 Å². The van der Waals surface area contributed by atoms with Gasteiger partial charge in [-0.25, -0.2) is 9.97 Å². The van der Waals surface area contributed by atoms with Gasteiger partial charge in [0.1, 0.15) is 11.6 Å². The van der Waals surface area contributed by atoms with E-state index in [0.717, 1.165) is 6.42 Å². The normalized spacial score (nSPS) is 22.9. The average molecular weight is 290 g/mol. The number of alkyl halides is 3. The molecule has 2 N–H and O–H groups in total. The highest BCUT2D eigenvalue weighted by atomic mass is 19.4. The summed E-state index contributed by atoms with van der Waals surface area (Å²) < 4.78 is 43.7. The second kappa shape index (κ2) is 5.82. The number of hydrogen-bond donors (Lipinski definition) is 2. The lowest BCUT2D eigenvalue weighted by atomic mass is 10.1. The number of aromatic nitrogens is 2. The quantitative estimate of drug-likeness (QED) is 0.892. The van der Waals surface area contributed by atoms with Crippen LogP contribution in [0.2, 0.25) is 0 Å². The van der Waals surface area contributed by atoms with Gasteiger partial charge >= 0.3 is 6.18 Å². The van der Waals surface area contributed by atoms with Gasteiger partial charge in [0, 0.05) is 19.2 Å². The predicted octanol–water partition coefficient (Wildman–Crippen LogP) is 2.52. The molecule has 1 aliphatic heterocycles. The van der Waals surface area contributed by atoms with Gasteiger partial charge in [-0.05, 0) is 20.3 Å². The predicted molar refractivity (Wildman–Crippen MR) is 68.6 cm³/mol. The first-order chi connectivity index (χ1) is 9.40. The van der Waals surface area contributed by atoms with Crippen molar-refractivity contribution < 1.29 is 17.9 Å². The molecule has 0 aromatic carbocycles. The molecule has 2 rings (SSSR count). The second-order valence-corrected chi connectivity index (χ2v) is 4.61. The molecule has 0 saturated carbocycles. The third-order valence-corrected chi connectivity index (χ3v) is 3.05. The summed E-state index contributed by atoms with van der Waals surface area (Å²) in [5.41, 5.74) is 0. The Morgan fingerprint density at radius 2 is 2.05 bits per heavy atom. The molecule has 1 aliphatic rings. The molecule has 1 fully saturated rings. The Morgan fingerprint density at radius 3 is 2.60 bits per heavy atom. The number of hydrogen-bond acceptors (Lipinski definition) is 5.